The van der Waals surface area contributed by atoms with Crippen LogP contribution in [0.3, 0.4) is 0 Å². The molecule has 172 valence electrons. The molecule has 0 atom stereocenters. The molecule has 3 aromatic rings. The minimum absolute atomic E-state index is 0.198. The third-order valence-corrected chi connectivity index (χ3v) is 6.33. The molecule has 5 rings (SSSR count). The fourth-order valence-electron chi connectivity index (χ4n) is 4.34. The van der Waals surface area contributed by atoms with Gasteiger partial charge in [0, 0.05) is 49.9 Å². The Morgan fingerprint density at radius 1 is 0.824 bits per heavy atom. The van der Waals surface area contributed by atoms with E-state index in [9.17, 15) is 9.59 Å². The number of hydrogen-bond acceptors (Lipinski definition) is 6. The van der Waals surface area contributed by atoms with Crippen molar-refractivity contribution in [2.24, 2.45) is 0 Å². The van der Waals surface area contributed by atoms with Crippen LogP contribution in [0.4, 0.5) is 11.4 Å². The van der Waals surface area contributed by atoms with Gasteiger partial charge in [-0.05, 0) is 54.6 Å². The van der Waals surface area contributed by atoms with Crippen molar-refractivity contribution in [2.45, 2.75) is 6.54 Å². The SMILES string of the molecule is CN1CCN(c2ccc(NC3=C(c4ccccc4)C(=O)N(Cc4ccncc4)C3=O)cc2)CC1. The number of pyridine rings is 1. The topological polar surface area (TPSA) is 68.8 Å². The van der Waals surface area contributed by atoms with Crippen LogP contribution in [0.5, 0.6) is 0 Å². The van der Waals surface area contributed by atoms with Crippen molar-refractivity contribution in [1.82, 2.24) is 14.8 Å². The van der Waals surface area contributed by atoms with E-state index in [4.69, 9.17) is 0 Å². The lowest BCUT2D eigenvalue weighted by atomic mass is 10.0. The number of hydrogen-bond donors (Lipinski definition) is 1. The van der Waals surface area contributed by atoms with E-state index in [1.165, 1.54) is 4.90 Å². The number of benzene rings is 2. The zero-order valence-corrected chi connectivity index (χ0v) is 19.1. The maximum Gasteiger partial charge on any atom is 0.278 e. The number of nitrogens with one attached hydrogen (secondary N) is 1. The number of carbonyl (C=O) groups excluding carboxylic acids is 2. The van der Waals surface area contributed by atoms with Gasteiger partial charge in [0.05, 0.1) is 12.1 Å². The van der Waals surface area contributed by atoms with Crippen molar-refractivity contribution >= 4 is 28.8 Å². The number of rotatable bonds is 6. The molecule has 7 heteroatoms. The molecule has 3 heterocycles. The summed E-state index contributed by atoms with van der Waals surface area (Å²) in [6.45, 7) is 4.26. The maximum atomic E-state index is 13.4. The molecule has 1 saturated heterocycles. The van der Waals surface area contributed by atoms with Crippen LogP contribution in [0.25, 0.3) is 5.57 Å². The Morgan fingerprint density at radius 2 is 1.50 bits per heavy atom. The second-order valence-corrected chi connectivity index (χ2v) is 8.63. The van der Waals surface area contributed by atoms with Gasteiger partial charge in [0.25, 0.3) is 11.8 Å². The zero-order valence-electron chi connectivity index (χ0n) is 19.1. The number of nitrogens with zero attached hydrogens (tertiary/aromatic N) is 4. The molecule has 2 aliphatic rings. The molecule has 2 amide bonds. The highest BCUT2D eigenvalue weighted by atomic mass is 16.2. The number of anilines is 2. The Hall–Kier alpha value is -3.97. The minimum Gasteiger partial charge on any atom is -0.369 e. The summed E-state index contributed by atoms with van der Waals surface area (Å²) in [6, 6.07) is 21.0. The number of aromatic nitrogens is 1. The van der Waals surface area contributed by atoms with E-state index in [0.29, 0.717) is 11.3 Å². The van der Waals surface area contributed by atoms with E-state index < -0.39 is 0 Å². The van der Waals surface area contributed by atoms with Gasteiger partial charge in [-0.1, -0.05) is 30.3 Å². The molecule has 2 aromatic carbocycles. The van der Waals surface area contributed by atoms with Crippen LogP contribution in [0.2, 0.25) is 0 Å². The summed E-state index contributed by atoms with van der Waals surface area (Å²) in [4.78, 5) is 36.8. The lowest BCUT2D eigenvalue weighted by Crippen LogP contribution is -2.44. The Bertz CT molecular complexity index is 1200. The molecular weight excluding hydrogens is 426 g/mol. The first-order chi connectivity index (χ1) is 16.6. The van der Waals surface area contributed by atoms with E-state index in [1.807, 2.05) is 54.6 Å². The highest BCUT2D eigenvalue weighted by Gasteiger charge is 2.39. The van der Waals surface area contributed by atoms with Crippen LogP contribution in [0.15, 0.2) is 84.8 Å². The summed E-state index contributed by atoms with van der Waals surface area (Å²) in [5, 5.41) is 3.25. The fourth-order valence-corrected chi connectivity index (χ4v) is 4.34. The number of piperazine rings is 1. The van der Waals surface area contributed by atoms with Gasteiger partial charge in [0.1, 0.15) is 5.70 Å². The van der Waals surface area contributed by atoms with E-state index in [1.54, 1.807) is 12.4 Å². The lowest BCUT2D eigenvalue weighted by Gasteiger charge is -2.34. The van der Waals surface area contributed by atoms with Crippen molar-refractivity contribution < 1.29 is 9.59 Å². The largest absolute Gasteiger partial charge is 0.369 e. The third kappa shape index (κ3) is 4.43. The summed E-state index contributed by atoms with van der Waals surface area (Å²) in [6.07, 6.45) is 3.32. The fraction of sp³-hybridized carbons (Fsp3) is 0.222. The van der Waals surface area contributed by atoms with Gasteiger partial charge in [-0.15, -0.1) is 0 Å². The van der Waals surface area contributed by atoms with E-state index >= 15 is 0 Å². The highest BCUT2D eigenvalue weighted by molar-refractivity contribution is 6.36. The number of carbonyl (C=O) groups is 2. The molecule has 0 radical (unpaired) electrons. The van der Waals surface area contributed by atoms with E-state index in [0.717, 1.165) is 48.7 Å². The average Bonchev–Trinajstić information content (AvgIpc) is 3.10. The van der Waals surface area contributed by atoms with Crippen molar-refractivity contribution in [3.05, 3.63) is 95.9 Å². The van der Waals surface area contributed by atoms with Crippen LogP contribution < -0.4 is 10.2 Å². The zero-order chi connectivity index (χ0) is 23.5. The van der Waals surface area contributed by atoms with Gasteiger partial charge >= 0.3 is 0 Å². The first kappa shape index (κ1) is 21.9. The summed E-state index contributed by atoms with van der Waals surface area (Å²) in [7, 11) is 2.14. The second-order valence-electron chi connectivity index (χ2n) is 8.63. The van der Waals surface area contributed by atoms with Crippen LogP contribution in [0.1, 0.15) is 11.1 Å². The van der Waals surface area contributed by atoms with Gasteiger partial charge in [-0.2, -0.15) is 0 Å². The lowest BCUT2D eigenvalue weighted by molar-refractivity contribution is -0.137. The Kier molecular flexibility index (Phi) is 6.10. The first-order valence-electron chi connectivity index (χ1n) is 11.5. The smallest absolute Gasteiger partial charge is 0.278 e. The van der Waals surface area contributed by atoms with Gasteiger partial charge in [0.15, 0.2) is 0 Å². The van der Waals surface area contributed by atoms with Gasteiger partial charge in [0.2, 0.25) is 0 Å². The molecule has 1 fully saturated rings. The molecule has 34 heavy (non-hydrogen) atoms. The van der Waals surface area contributed by atoms with Crippen LogP contribution in [0, 0.1) is 0 Å². The number of imide groups is 1. The van der Waals surface area contributed by atoms with Crippen LogP contribution in [-0.4, -0.2) is 59.8 Å². The first-order valence-corrected chi connectivity index (χ1v) is 11.5. The van der Waals surface area contributed by atoms with Crippen molar-refractivity contribution in [1.29, 1.82) is 0 Å². The predicted octanol–water partition coefficient (Wildman–Crippen LogP) is 3.23. The molecular formula is C27H27N5O2. The molecule has 0 spiro atoms. The summed E-state index contributed by atoms with van der Waals surface area (Å²) >= 11 is 0. The predicted molar refractivity (Wildman–Crippen MR) is 133 cm³/mol. The van der Waals surface area contributed by atoms with Gasteiger partial charge in [-0.3, -0.25) is 19.5 Å². The minimum atomic E-state index is -0.330. The normalized spacial score (nSPS) is 17.0. The molecule has 0 unspecified atom stereocenters. The standard InChI is InChI=1S/C27H27N5O2/c1-30-15-17-31(18-16-30)23-9-7-22(8-10-23)29-25-24(21-5-3-2-4-6-21)26(33)32(27(25)34)19-20-11-13-28-14-12-20/h2-14,29H,15-19H2,1H3. The molecule has 1 N–H and O–H groups in total. The van der Waals surface area contributed by atoms with E-state index in [-0.39, 0.29) is 18.4 Å². The molecule has 1 aromatic heterocycles. The molecule has 0 bridgehead atoms. The van der Waals surface area contributed by atoms with Crippen LogP contribution in [-0.2, 0) is 16.1 Å². The Balaban J connectivity index is 1.42. The molecule has 7 nitrogen and oxygen atoms in total. The monoisotopic (exact) mass is 453 g/mol. The van der Waals surface area contributed by atoms with Crippen LogP contribution >= 0.6 is 0 Å². The maximum absolute atomic E-state index is 13.4. The highest BCUT2D eigenvalue weighted by Crippen LogP contribution is 2.32. The van der Waals surface area contributed by atoms with E-state index in [2.05, 4.69) is 39.3 Å². The van der Waals surface area contributed by atoms with Crippen molar-refractivity contribution in [2.75, 3.05) is 43.4 Å². The molecule has 0 saturated carbocycles. The van der Waals surface area contributed by atoms with Gasteiger partial charge < -0.3 is 15.1 Å². The molecule has 0 aliphatic carbocycles. The average molecular weight is 454 g/mol. The summed E-state index contributed by atoms with van der Waals surface area (Å²) in [5.41, 5.74) is 4.19. The Morgan fingerprint density at radius 3 is 2.18 bits per heavy atom. The Labute approximate surface area is 199 Å². The second kappa shape index (κ2) is 9.49. The van der Waals surface area contributed by atoms with Crippen molar-refractivity contribution in [3.63, 3.8) is 0 Å². The summed E-state index contributed by atoms with van der Waals surface area (Å²) < 4.78 is 0. The summed E-state index contributed by atoms with van der Waals surface area (Å²) in [5.74, 6) is -0.631. The molecule has 2 aliphatic heterocycles. The number of amides is 2. The van der Waals surface area contributed by atoms with Crippen molar-refractivity contribution in [3.8, 4) is 0 Å². The number of likely N-dealkylation sites (N-methyl/N-ethyl adjacent to an activating group) is 1. The third-order valence-electron chi connectivity index (χ3n) is 6.33. The van der Waals surface area contributed by atoms with Gasteiger partial charge in [-0.25, -0.2) is 0 Å². The quantitative estimate of drug-likeness (QED) is 0.578.